The van der Waals surface area contributed by atoms with E-state index >= 15 is 0 Å². The van der Waals surface area contributed by atoms with Crippen LogP contribution in [0.4, 0.5) is 4.39 Å². The molecular formula is C8H9F. The summed E-state index contributed by atoms with van der Waals surface area (Å²) in [6.07, 6.45) is 9.79. The Balaban J connectivity index is 3.79. The van der Waals surface area contributed by atoms with Crippen molar-refractivity contribution in [3.63, 3.8) is 0 Å². The Bertz CT molecular complexity index is 158. The molecule has 0 aliphatic heterocycles. The first kappa shape index (κ1) is 7.97. The van der Waals surface area contributed by atoms with Gasteiger partial charge in [0.2, 0.25) is 0 Å². The van der Waals surface area contributed by atoms with Gasteiger partial charge in [-0.25, -0.2) is 4.39 Å². The van der Waals surface area contributed by atoms with Crippen LogP contribution in [0.15, 0.2) is 24.1 Å². The number of halogens is 1. The van der Waals surface area contributed by atoms with E-state index in [2.05, 4.69) is 5.92 Å². The van der Waals surface area contributed by atoms with Gasteiger partial charge in [0, 0.05) is 6.08 Å². The van der Waals surface area contributed by atoms with Crippen molar-refractivity contribution in [1.29, 1.82) is 0 Å². The molecule has 0 rings (SSSR count). The molecule has 9 heavy (non-hydrogen) atoms. The number of terminal acetylenes is 1. The fourth-order valence-electron chi connectivity index (χ4n) is 0.358. The minimum atomic E-state index is -0.362. The Morgan fingerprint density at radius 3 is 2.89 bits per heavy atom. The SMILES string of the molecule is C#C/C=C(F)\C=C/CC. The van der Waals surface area contributed by atoms with Gasteiger partial charge in [0.25, 0.3) is 0 Å². The van der Waals surface area contributed by atoms with Gasteiger partial charge in [0.1, 0.15) is 5.83 Å². The van der Waals surface area contributed by atoms with E-state index in [-0.39, 0.29) is 5.83 Å². The average molecular weight is 124 g/mol. The first-order valence-electron chi connectivity index (χ1n) is 2.79. The fraction of sp³-hybridized carbons (Fsp3) is 0.250. The normalized spacial score (nSPS) is 11.9. The van der Waals surface area contributed by atoms with E-state index < -0.39 is 0 Å². The quantitative estimate of drug-likeness (QED) is 0.392. The van der Waals surface area contributed by atoms with Gasteiger partial charge in [0.05, 0.1) is 0 Å². The average Bonchev–Trinajstić information content (AvgIpc) is 1.85. The van der Waals surface area contributed by atoms with Crippen molar-refractivity contribution in [2.45, 2.75) is 13.3 Å². The zero-order valence-corrected chi connectivity index (χ0v) is 5.39. The molecule has 0 atom stereocenters. The number of hydrogen-bond donors (Lipinski definition) is 0. The predicted octanol–water partition coefficient (Wildman–Crippen LogP) is 2.44. The van der Waals surface area contributed by atoms with Crippen LogP contribution >= 0.6 is 0 Å². The van der Waals surface area contributed by atoms with Gasteiger partial charge in [-0.3, -0.25) is 0 Å². The van der Waals surface area contributed by atoms with E-state index in [4.69, 9.17) is 6.42 Å². The summed E-state index contributed by atoms with van der Waals surface area (Å²) in [6.45, 7) is 1.93. The standard InChI is InChI=1S/C8H9F/c1-3-5-7-8(9)6-4-2/h2,5-7H,3H2,1H3/b7-5-,8-6+. The van der Waals surface area contributed by atoms with E-state index in [1.807, 2.05) is 6.92 Å². The molecule has 1 heteroatoms. The van der Waals surface area contributed by atoms with Crippen molar-refractivity contribution in [3.05, 3.63) is 24.1 Å². The molecule has 0 spiro atoms. The van der Waals surface area contributed by atoms with E-state index in [0.717, 1.165) is 12.5 Å². The van der Waals surface area contributed by atoms with Crippen molar-refractivity contribution in [2.24, 2.45) is 0 Å². The van der Waals surface area contributed by atoms with E-state index in [1.54, 1.807) is 6.08 Å². The van der Waals surface area contributed by atoms with E-state index in [1.165, 1.54) is 6.08 Å². The van der Waals surface area contributed by atoms with Gasteiger partial charge in [-0.05, 0) is 12.5 Å². The summed E-state index contributed by atoms with van der Waals surface area (Å²) < 4.78 is 12.2. The van der Waals surface area contributed by atoms with E-state index in [0.29, 0.717) is 0 Å². The summed E-state index contributed by atoms with van der Waals surface area (Å²) in [5.41, 5.74) is 0. The third-order valence-corrected chi connectivity index (χ3v) is 0.734. The molecule has 0 radical (unpaired) electrons. The van der Waals surface area contributed by atoms with Gasteiger partial charge >= 0.3 is 0 Å². The first-order valence-corrected chi connectivity index (χ1v) is 2.79. The lowest BCUT2D eigenvalue weighted by Gasteiger charge is -1.79. The number of hydrogen-bond acceptors (Lipinski definition) is 0. The van der Waals surface area contributed by atoms with Gasteiger partial charge in [-0.15, -0.1) is 6.42 Å². The molecule has 0 aromatic heterocycles. The maximum absolute atomic E-state index is 12.2. The zero-order valence-electron chi connectivity index (χ0n) is 5.39. The second-order valence-electron chi connectivity index (χ2n) is 1.51. The van der Waals surface area contributed by atoms with Gasteiger partial charge < -0.3 is 0 Å². The summed E-state index contributed by atoms with van der Waals surface area (Å²) in [7, 11) is 0. The molecule has 0 aromatic carbocycles. The lowest BCUT2D eigenvalue weighted by molar-refractivity contribution is 0.667. The maximum atomic E-state index is 12.2. The molecule has 0 aromatic rings. The first-order chi connectivity index (χ1) is 4.31. The Kier molecular flexibility index (Phi) is 4.53. The topological polar surface area (TPSA) is 0 Å². The largest absolute Gasteiger partial charge is 0.206 e. The van der Waals surface area contributed by atoms with Crippen LogP contribution in [-0.4, -0.2) is 0 Å². The highest BCUT2D eigenvalue weighted by Crippen LogP contribution is 1.97. The lowest BCUT2D eigenvalue weighted by Crippen LogP contribution is -1.62. The molecule has 0 heterocycles. The molecule has 48 valence electrons. The van der Waals surface area contributed by atoms with Crippen molar-refractivity contribution in [1.82, 2.24) is 0 Å². The summed E-state index contributed by atoms with van der Waals surface area (Å²) in [4.78, 5) is 0. The van der Waals surface area contributed by atoms with Gasteiger partial charge in [-0.1, -0.05) is 18.9 Å². The van der Waals surface area contributed by atoms with Gasteiger partial charge in [-0.2, -0.15) is 0 Å². The molecule has 0 nitrogen and oxygen atoms in total. The van der Waals surface area contributed by atoms with Crippen LogP contribution < -0.4 is 0 Å². The van der Waals surface area contributed by atoms with Crippen LogP contribution in [0.3, 0.4) is 0 Å². The molecule has 0 fully saturated rings. The predicted molar refractivity (Wildman–Crippen MR) is 37.5 cm³/mol. The van der Waals surface area contributed by atoms with Crippen molar-refractivity contribution >= 4 is 0 Å². The summed E-state index contributed by atoms with van der Waals surface area (Å²) in [6, 6.07) is 0. The Labute approximate surface area is 55.1 Å². The fourth-order valence-corrected chi connectivity index (χ4v) is 0.358. The third kappa shape index (κ3) is 4.83. The van der Waals surface area contributed by atoms with Crippen LogP contribution in [-0.2, 0) is 0 Å². The molecule has 0 aliphatic rings. The van der Waals surface area contributed by atoms with Crippen LogP contribution in [0, 0.1) is 12.3 Å². The molecule has 0 saturated heterocycles. The smallest absolute Gasteiger partial charge is 0.131 e. The minimum absolute atomic E-state index is 0.362. The summed E-state index contributed by atoms with van der Waals surface area (Å²) in [5.74, 6) is 1.73. The second kappa shape index (κ2) is 5.11. The molecule has 0 saturated carbocycles. The van der Waals surface area contributed by atoms with Crippen LogP contribution in [0.5, 0.6) is 0 Å². The van der Waals surface area contributed by atoms with E-state index in [9.17, 15) is 4.39 Å². The Morgan fingerprint density at radius 1 is 1.78 bits per heavy atom. The molecule has 0 bridgehead atoms. The Morgan fingerprint density at radius 2 is 2.44 bits per heavy atom. The van der Waals surface area contributed by atoms with Crippen LogP contribution in [0.2, 0.25) is 0 Å². The minimum Gasteiger partial charge on any atom is -0.206 e. The summed E-state index contributed by atoms with van der Waals surface area (Å²) in [5, 5.41) is 0. The van der Waals surface area contributed by atoms with Crippen LogP contribution in [0.1, 0.15) is 13.3 Å². The highest BCUT2D eigenvalue weighted by Gasteiger charge is 1.79. The highest BCUT2D eigenvalue weighted by molar-refractivity contribution is 5.21. The molecule has 0 unspecified atom stereocenters. The van der Waals surface area contributed by atoms with Crippen LogP contribution in [0.25, 0.3) is 0 Å². The molecular weight excluding hydrogens is 115 g/mol. The molecule has 0 amide bonds. The van der Waals surface area contributed by atoms with Crippen molar-refractivity contribution in [2.75, 3.05) is 0 Å². The number of allylic oxidation sites excluding steroid dienone is 4. The lowest BCUT2D eigenvalue weighted by atomic mass is 10.3. The second-order valence-corrected chi connectivity index (χ2v) is 1.51. The highest BCUT2D eigenvalue weighted by atomic mass is 19.1. The Hall–Kier alpha value is -1.03. The van der Waals surface area contributed by atoms with Gasteiger partial charge in [0.15, 0.2) is 0 Å². The third-order valence-electron chi connectivity index (χ3n) is 0.734. The summed E-state index contributed by atoms with van der Waals surface area (Å²) >= 11 is 0. The zero-order chi connectivity index (χ0) is 7.11. The van der Waals surface area contributed by atoms with Crippen molar-refractivity contribution in [3.8, 4) is 12.3 Å². The molecule has 0 aliphatic carbocycles. The monoisotopic (exact) mass is 124 g/mol. The number of rotatable bonds is 2. The maximum Gasteiger partial charge on any atom is 0.131 e. The van der Waals surface area contributed by atoms with Crippen molar-refractivity contribution < 1.29 is 4.39 Å². The molecule has 0 N–H and O–H groups in total.